The highest BCUT2D eigenvalue weighted by Crippen LogP contribution is 2.12. The van der Waals surface area contributed by atoms with Crippen LogP contribution in [-0.2, 0) is 11.2 Å². The maximum atomic E-state index is 12.1. The molecule has 1 N–H and O–H groups in total. The summed E-state index contributed by atoms with van der Waals surface area (Å²) in [7, 11) is 1.92. The molecule has 0 aromatic carbocycles. The molecule has 4 heteroatoms. The zero-order valence-electron chi connectivity index (χ0n) is 11.0. The summed E-state index contributed by atoms with van der Waals surface area (Å²) in [6.45, 7) is 1.89. The van der Waals surface area contributed by atoms with Gasteiger partial charge in [-0.05, 0) is 37.3 Å². The van der Waals surface area contributed by atoms with E-state index in [9.17, 15) is 4.79 Å². The highest BCUT2D eigenvalue weighted by molar-refractivity contribution is 7.09. The van der Waals surface area contributed by atoms with Gasteiger partial charge in [0.05, 0.1) is 0 Å². The van der Waals surface area contributed by atoms with Crippen molar-refractivity contribution in [3.8, 4) is 0 Å². The highest BCUT2D eigenvalue weighted by Gasteiger charge is 2.18. The zero-order valence-corrected chi connectivity index (χ0v) is 11.8. The average molecular weight is 266 g/mol. The van der Waals surface area contributed by atoms with Crippen LogP contribution < -0.4 is 5.32 Å². The smallest absolute Gasteiger partial charge is 0.223 e. The van der Waals surface area contributed by atoms with Crippen molar-refractivity contribution in [1.82, 2.24) is 10.2 Å². The number of likely N-dealkylation sites (N-methyl/N-ethyl adjacent to an activating group) is 1. The van der Waals surface area contributed by atoms with E-state index in [0.29, 0.717) is 12.5 Å². The van der Waals surface area contributed by atoms with E-state index in [2.05, 4.69) is 22.8 Å². The first-order chi connectivity index (χ1) is 8.75. The van der Waals surface area contributed by atoms with Gasteiger partial charge in [-0.2, -0.15) is 0 Å². The Hall–Kier alpha value is -0.870. The Balaban J connectivity index is 1.70. The summed E-state index contributed by atoms with van der Waals surface area (Å²) in [6, 6.07) is 4.59. The molecule has 2 heterocycles. The lowest BCUT2D eigenvalue weighted by molar-refractivity contribution is -0.130. The molecule has 1 aromatic rings. The predicted octanol–water partition coefficient (Wildman–Crippen LogP) is 2.28. The number of carbonyl (C=O) groups is 1. The van der Waals surface area contributed by atoms with Crippen molar-refractivity contribution in [2.24, 2.45) is 0 Å². The van der Waals surface area contributed by atoms with Crippen molar-refractivity contribution in [2.75, 3.05) is 20.1 Å². The third-order valence-electron chi connectivity index (χ3n) is 3.53. The summed E-state index contributed by atoms with van der Waals surface area (Å²) in [4.78, 5) is 15.3. The topological polar surface area (TPSA) is 32.3 Å². The van der Waals surface area contributed by atoms with Gasteiger partial charge in [-0.15, -0.1) is 11.3 Å². The molecule has 1 saturated heterocycles. The van der Waals surface area contributed by atoms with Crippen molar-refractivity contribution >= 4 is 17.2 Å². The first kappa shape index (κ1) is 13.6. The van der Waals surface area contributed by atoms with E-state index in [1.165, 1.54) is 17.7 Å². The van der Waals surface area contributed by atoms with Gasteiger partial charge in [0.2, 0.25) is 5.91 Å². The number of nitrogens with one attached hydrogen (secondary N) is 1. The van der Waals surface area contributed by atoms with Gasteiger partial charge in [0.1, 0.15) is 0 Å². The summed E-state index contributed by atoms with van der Waals surface area (Å²) in [5.41, 5.74) is 0. The molecule has 1 fully saturated rings. The van der Waals surface area contributed by atoms with Crippen LogP contribution >= 0.6 is 11.3 Å². The van der Waals surface area contributed by atoms with Gasteiger partial charge in [0.15, 0.2) is 0 Å². The largest absolute Gasteiger partial charge is 0.345 e. The average Bonchev–Trinajstić information content (AvgIpc) is 2.90. The van der Waals surface area contributed by atoms with E-state index in [1.54, 1.807) is 11.3 Å². The quantitative estimate of drug-likeness (QED) is 0.887. The Morgan fingerprint density at radius 3 is 3.11 bits per heavy atom. The molecule has 100 valence electrons. The third kappa shape index (κ3) is 4.10. The van der Waals surface area contributed by atoms with E-state index in [0.717, 1.165) is 25.9 Å². The number of hydrogen-bond acceptors (Lipinski definition) is 3. The monoisotopic (exact) mass is 266 g/mol. The second kappa shape index (κ2) is 6.90. The van der Waals surface area contributed by atoms with Crippen LogP contribution in [0.25, 0.3) is 0 Å². The summed E-state index contributed by atoms with van der Waals surface area (Å²) < 4.78 is 0. The fourth-order valence-electron chi connectivity index (χ4n) is 2.32. The molecule has 3 nitrogen and oxygen atoms in total. The Labute approximate surface area is 113 Å². The molecule has 1 aliphatic heterocycles. The second-order valence-electron chi connectivity index (χ2n) is 5.00. The molecule has 0 aliphatic carbocycles. The first-order valence-corrected chi connectivity index (χ1v) is 7.63. The van der Waals surface area contributed by atoms with Gasteiger partial charge >= 0.3 is 0 Å². The number of thiophene rings is 1. The normalized spacial score (nSPS) is 19.7. The maximum Gasteiger partial charge on any atom is 0.223 e. The molecule has 1 atom stereocenters. The lowest BCUT2D eigenvalue weighted by atomic mass is 10.0. The first-order valence-electron chi connectivity index (χ1n) is 6.75. The van der Waals surface area contributed by atoms with Gasteiger partial charge in [0, 0.05) is 30.9 Å². The third-order valence-corrected chi connectivity index (χ3v) is 4.47. The Kier molecular flexibility index (Phi) is 5.20. The molecule has 0 bridgehead atoms. The molecule has 1 amide bonds. The van der Waals surface area contributed by atoms with E-state index in [-0.39, 0.29) is 5.91 Å². The van der Waals surface area contributed by atoms with Gasteiger partial charge in [0.25, 0.3) is 0 Å². The van der Waals surface area contributed by atoms with Crippen LogP contribution in [0.5, 0.6) is 0 Å². The highest BCUT2D eigenvalue weighted by atomic mass is 32.1. The predicted molar refractivity (Wildman–Crippen MR) is 75.9 cm³/mol. The summed E-state index contributed by atoms with van der Waals surface area (Å²) in [5.74, 6) is 0.269. The second-order valence-corrected chi connectivity index (χ2v) is 6.03. The van der Waals surface area contributed by atoms with Gasteiger partial charge in [-0.3, -0.25) is 4.79 Å². The molecule has 2 rings (SSSR count). The van der Waals surface area contributed by atoms with Crippen molar-refractivity contribution in [2.45, 2.75) is 38.1 Å². The minimum Gasteiger partial charge on any atom is -0.345 e. The van der Waals surface area contributed by atoms with Crippen molar-refractivity contribution in [1.29, 1.82) is 0 Å². The standard InChI is InChI=1S/C14H22N2OS/c1-16(9-7-13-6-4-10-18-13)14(17)11-12-5-2-3-8-15-12/h4,6,10,12,15H,2-3,5,7-9,11H2,1H3. The molecule has 1 aliphatic rings. The SMILES string of the molecule is CN(CCc1cccs1)C(=O)CC1CCCCN1. The fourth-order valence-corrected chi connectivity index (χ4v) is 3.02. The van der Waals surface area contributed by atoms with Crippen LogP contribution in [0.4, 0.5) is 0 Å². The van der Waals surface area contributed by atoms with Crippen LogP contribution in [-0.4, -0.2) is 37.0 Å². The van der Waals surface area contributed by atoms with E-state index in [4.69, 9.17) is 0 Å². The number of amides is 1. The number of rotatable bonds is 5. The fraction of sp³-hybridized carbons (Fsp3) is 0.643. The summed E-state index contributed by atoms with van der Waals surface area (Å²) in [6.07, 6.45) is 5.27. The number of carbonyl (C=O) groups excluding carboxylic acids is 1. The molecule has 1 unspecified atom stereocenters. The van der Waals surface area contributed by atoms with Gasteiger partial charge < -0.3 is 10.2 Å². The van der Waals surface area contributed by atoms with Gasteiger partial charge in [-0.25, -0.2) is 0 Å². The van der Waals surface area contributed by atoms with Gasteiger partial charge in [-0.1, -0.05) is 12.5 Å². The minimum absolute atomic E-state index is 0.269. The van der Waals surface area contributed by atoms with Crippen LogP contribution in [0.1, 0.15) is 30.6 Å². The molecular formula is C14H22N2OS. The maximum absolute atomic E-state index is 12.1. The van der Waals surface area contributed by atoms with E-state index < -0.39 is 0 Å². The number of nitrogens with zero attached hydrogens (tertiary/aromatic N) is 1. The lowest BCUT2D eigenvalue weighted by Gasteiger charge is -2.25. The molecule has 0 saturated carbocycles. The van der Waals surface area contributed by atoms with Crippen molar-refractivity contribution in [3.05, 3.63) is 22.4 Å². The number of piperidine rings is 1. The Morgan fingerprint density at radius 1 is 1.56 bits per heavy atom. The lowest BCUT2D eigenvalue weighted by Crippen LogP contribution is -2.39. The molecule has 18 heavy (non-hydrogen) atoms. The van der Waals surface area contributed by atoms with Crippen molar-refractivity contribution < 1.29 is 4.79 Å². The number of hydrogen-bond donors (Lipinski definition) is 1. The Bertz CT molecular complexity index is 358. The minimum atomic E-state index is 0.269. The van der Waals surface area contributed by atoms with Crippen LogP contribution in [0.15, 0.2) is 17.5 Å². The molecule has 1 aromatic heterocycles. The van der Waals surface area contributed by atoms with E-state index in [1.807, 2.05) is 11.9 Å². The van der Waals surface area contributed by atoms with Crippen LogP contribution in [0.3, 0.4) is 0 Å². The zero-order chi connectivity index (χ0) is 12.8. The van der Waals surface area contributed by atoms with E-state index >= 15 is 0 Å². The van der Waals surface area contributed by atoms with Crippen LogP contribution in [0, 0.1) is 0 Å². The summed E-state index contributed by atoms with van der Waals surface area (Å²) in [5, 5.41) is 5.52. The molecular weight excluding hydrogens is 244 g/mol. The Morgan fingerprint density at radius 2 is 2.44 bits per heavy atom. The molecule has 0 spiro atoms. The van der Waals surface area contributed by atoms with Crippen LogP contribution in [0.2, 0.25) is 0 Å². The molecule has 0 radical (unpaired) electrons. The summed E-state index contributed by atoms with van der Waals surface area (Å²) >= 11 is 1.76. The van der Waals surface area contributed by atoms with Crippen molar-refractivity contribution in [3.63, 3.8) is 0 Å².